The van der Waals surface area contributed by atoms with Crippen molar-refractivity contribution in [1.82, 2.24) is 0 Å². The molecule has 2 aromatic carbocycles. The van der Waals surface area contributed by atoms with E-state index in [2.05, 4.69) is 21.2 Å². The van der Waals surface area contributed by atoms with Gasteiger partial charge in [0.25, 0.3) is 5.91 Å². The molecule has 0 aliphatic carbocycles. The van der Waals surface area contributed by atoms with E-state index < -0.39 is 11.7 Å². The summed E-state index contributed by atoms with van der Waals surface area (Å²) in [5, 5.41) is 11.9. The van der Waals surface area contributed by atoms with Crippen LogP contribution in [0.5, 0.6) is 5.75 Å². The molecule has 6 heteroatoms. The molecule has 2 aromatic rings. The molecule has 19 heavy (non-hydrogen) atoms. The summed E-state index contributed by atoms with van der Waals surface area (Å²) in [5.41, 5.74) is 0.577. The Bertz CT molecular complexity index is 649. The highest BCUT2D eigenvalue weighted by molar-refractivity contribution is 9.10. The van der Waals surface area contributed by atoms with Crippen LogP contribution in [0.15, 0.2) is 40.9 Å². The molecule has 0 aliphatic rings. The minimum absolute atomic E-state index is 0.0750. The van der Waals surface area contributed by atoms with Crippen molar-refractivity contribution < 1.29 is 14.3 Å². The van der Waals surface area contributed by atoms with E-state index in [1.54, 1.807) is 0 Å². The number of nitrogens with one attached hydrogen (secondary N) is 1. The SMILES string of the molecule is O=C(Nc1cc(F)ccc1Br)c1ccc(O)c(Cl)c1. The number of hydrogen-bond donors (Lipinski definition) is 2. The Hall–Kier alpha value is -1.59. The van der Waals surface area contributed by atoms with E-state index in [1.165, 1.54) is 36.4 Å². The molecule has 3 nitrogen and oxygen atoms in total. The lowest BCUT2D eigenvalue weighted by Crippen LogP contribution is -2.12. The highest BCUT2D eigenvalue weighted by Crippen LogP contribution is 2.26. The van der Waals surface area contributed by atoms with Gasteiger partial charge < -0.3 is 10.4 Å². The van der Waals surface area contributed by atoms with Crippen LogP contribution >= 0.6 is 27.5 Å². The second-order valence-electron chi connectivity index (χ2n) is 3.74. The van der Waals surface area contributed by atoms with Gasteiger partial charge in [-0.15, -0.1) is 0 Å². The van der Waals surface area contributed by atoms with E-state index in [9.17, 15) is 14.3 Å². The summed E-state index contributed by atoms with van der Waals surface area (Å²) in [6.45, 7) is 0. The maximum atomic E-state index is 13.1. The van der Waals surface area contributed by atoms with Crippen molar-refractivity contribution >= 4 is 39.1 Å². The first-order valence-electron chi connectivity index (χ1n) is 5.22. The fraction of sp³-hybridized carbons (Fsp3) is 0. The monoisotopic (exact) mass is 343 g/mol. The third kappa shape index (κ3) is 3.24. The van der Waals surface area contributed by atoms with Gasteiger partial charge >= 0.3 is 0 Å². The predicted octanol–water partition coefficient (Wildman–Crippen LogP) is 4.20. The van der Waals surface area contributed by atoms with Gasteiger partial charge in [-0.3, -0.25) is 4.79 Å². The Morgan fingerprint density at radius 2 is 2.00 bits per heavy atom. The molecule has 0 radical (unpaired) electrons. The second-order valence-corrected chi connectivity index (χ2v) is 5.01. The predicted molar refractivity (Wildman–Crippen MR) is 75.2 cm³/mol. The smallest absolute Gasteiger partial charge is 0.255 e. The summed E-state index contributed by atoms with van der Waals surface area (Å²) in [7, 11) is 0. The van der Waals surface area contributed by atoms with Crippen LogP contribution in [0.3, 0.4) is 0 Å². The zero-order chi connectivity index (χ0) is 14.0. The first-order chi connectivity index (χ1) is 8.97. The minimum atomic E-state index is -0.456. The van der Waals surface area contributed by atoms with Crippen LogP contribution in [-0.2, 0) is 0 Å². The number of rotatable bonds is 2. The number of hydrogen-bond acceptors (Lipinski definition) is 2. The van der Waals surface area contributed by atoms with E-state index in [-0.39, 0.29) is 16.3 Å². The number of carbonyl (C=O) groups is 1. The van der Waals surface area contributed by atoms with Gasteiger partial charge in [0.15, 0.2) is 0 Å². The third-order valence-electron chi connectivity index (χ3n) is 2.39. The van der Waals surface area contributed by atoms with Crippen LogP contribution in [0.25, 0.3) is 0 Å². The quantitative estimate of drug-likeness (QED) is 0.858. The minimum Gasteiger partial charge on any atom is -0.506 e. The fourth-order valence-corrected chi connectivity index (χ4v) is 1.96. The molecule has 0 aromatic heterocycles. The number of phenols is 1. The number of anilines is 1. The van der Waals surface area contributed by atoms with Crippen molar-refractivity contribution in [3.63, 3.8) is 0 Å². The molecular weight excluding hydrogens is 337 g/mol. The largest absolute Gasteiger partial charge is 0.506 e. The Morgan fingerprint density at radius 3 is 2.68 bits per heavy atom. The molecule has 0 spiro atoms. The zero-order valence-corrected chi connectivity index (χ0v) is 11.8. The zero-order valence-electron chi connectivity index (χ0n) is 9.45. The number of phenolic OH excluding ortho intramolecular Hbond substituents is 1. The van der Waals surface area contributed by atoms with Crippen LogP contribution in [0.4, 0.5) is 10.1 Å². The lowest BCUT2D eigenvalue weighted by molar-refractivity contribution is 0.102. The standard InChI is InChI=1S/C13H8BrClFNO2/c14-9-3-2-8(16)6-11(9)17-13(19)7-1-4-12(18)10(15)5-7/h1-6,18H,(H,17,19). The van der Waals surface area contributed by atoms with Crippen molar-refractivity contribution in [3.05, 3.63) is 57.3 Å². The maximum Gasteiger partial charge on any atom is 0.255 e. The van der Waals surface area contributed by atoms with Gasteiger partial charge in [-0.1, -0.05) is 11.6 Å². The molecule has 1 amide bonds. The van der Waals surface area contributed by atoms with E-state index in [4.69, 9.17) is 11.6 Å². The molecule has 98 valence electrons. The highest BCUT2D eigenvalue weighted by atomic mass is 79.9. The van der Waals surface area contributed by atoms with E-state index in [1.807, 2.05) is 0 Å². The molecule has 0 fully saturated rings. The van der Waals surface area contributed by atoms with Gasteiger partial charge in [0.2, 0.25) is 0 Å². The Balaban J connectivity index is 2.25. The van der Waals surface area contributed by atoms with Gasteiger partial charge in [-0.2, -0.15) is 0 Å². The molecule has 0 aliphatic heterocycles. The lowest BCUT2D eigenvalue weighted by Gasteiger charge is -2.08. The molecule has 0 heterocycles. The number of amides is 1. The molecule has 0 saturated carbocycles. The third-order valence-corrected chi connectivity index (χ3v) is 3.38. The van der Waals surface area contributed by atoms with Crippen LogP contribution < -0.4 is 5.32 Å². The summed E-state index contributed by atoms with van der Waals surface area (Å²) in [6, 6.07) is 8.04. The van der Waals surface area contributed by atoms with Gasteiger partial charge in [-0.05, 0) is 52.3 Å². The van der Waals surface area contributed by atoms with Gasteiger partial charge in [0.05, 0.1) is 10.7 Å². The summed E-state index contributed by atoms with van der Waals surface area (Å²) in [6.07, 6.45) is 0. The number of carbonyl (C=O) groups excluding carboxylic acids is 1. The van der Waals surface area contributed by atoms with Gasteiger partial charge in [0, 0.05) is 10.0 Å². The summed E-state index contributed by atoms with van der Waals surface area (Å²) in [4.78, 5) is 11.9. The average Bonchev–Trinajstić information content (AvgIpc) is 2.37. The highest BCUT2D eigenvalue weighted by Gasteiger charge is 2.11. The Labute approximate surface area is 122 Å². The molecule has 0 saturated heterocycles. The molecule has 0 unspecified atom stereocenters. The van der Waals surface area contributed by atoms with E-state index in [0.29, 0.717) is 10.2 Å². The molecule has 0 atom stereocenters. The second kappa shape index (κ2) is 5.59. The molecule has 2 N–H and O–H groups in total. The normalized spacial score (nSPS) is 10.3. The van der Waals surface area contributed by atoms with Gasteiger partial charge in [-0.25, -0.2) is 4.39 Å². The average molecular weight is 345 g/mol. The Kier molecular flexibility index (Phi) is 4.07. The fourth-order valence-electron chi connectivity index (χ4n) is 1.44. The number of benzene rings is 2. The van der Waals surface area contributed by atoms with E-state index >= 15 is 0 Å². The first kappa shape index (κ1) is 13.8. The van der Waals surface area contributed by atoms with E-state index in [0.717, 1.165) is 0 Å². The topological polar surface area (TPSA) is 49.3 Å². The molecule has 0 bridgehead atoms. The van der Waals surface area contributed by atoms with Crippen molar-refractivity contribution in [2.75, 3.05) is 5.32 Å². The van der Waals surface area contributed by atoms with Gasteiger partial charge in [0.1, 0.15) is 11.6 Å². The maximum absolute atomic E-state index is 13.1. The van der Waals surface area contributed by atoms with Crippen molar-refractivity contribution in [1.29, 1.82) is 0 Å². The Morgan fingerprint density at radius 1 is 1.26 bits per heavy atom. The van der Waals surface area contributed by atoms with Crippen LogP contribution in [0.2, 0.25) is 5.02 Å². The number of halogens is 3. The van der Waals surface area contributed by atoms with Crippen molar-refractivity contribution in [3.8, 4) is 5.75 Å². The van der Waals surface area contributed by atoms with Crippen molar-refractivity contribution in [2.45, 2.75) is 0 Å². The summed E-state index contributed by atoms with van der Waals surface area (Å²) < 4.78 is 13.7. The van der Waals surface area contributed by atoms with Crippen LogP contribution in [-0.4, -0.2) is 11.0 Å². The number of aromatic hydroxyl groups is 1. The summed E-state index contributed by atoms with van der Waals surface area (Å²) >= 11 is 8.93. The molecular formula is C13H8BrClFNO2. The lowest BCUT2D eigenvalue weighted by atomic mass is 10.2. The summed E-state index contributed by atoms with van der Waals surface area (Å²) in [5.74, 6) is -1.01. The van der Waals surface area contributed by atoms with Crippen LogP contribution in [0, 0.1) is 5.82 Å². The molecule has 2 rings (SSSR count). The first-order valence-corrected chi connectivity index (χ1v) is 6.39. The van der Waals surface area contributed by atoms with Crippen molar-refractivity contribution in [2.24, 2.45) is 0 Å². The van der Waals surface area contributed by atoms with Crippen LogP contribution in [0.1, 0.15) is 10.4 Å².